The minimum absolute atomic E-state index is 0.124. The Morgan fingerprint density at radius 1 is 1.40 bits per heavy atom. The van der Waals surface area contributed by atoms with Crippen molar-refractivity contribution >= 4 is 16.3 Å². The lowest BCUT2D eigenvalue weighted by atomic mass is 10.2. The Labute approximate surface area is 121 Å². The van der Waals surface area contributed by atoms with Crippen LogP contribution in [-0.4, -0.2) is 44.8 Å². The topological polar surface area (TPSA) is 70.7 Å². The highest BCUT2D eigenvalue weighted by molar-refractivity contribution is 7.16. The summed E-state index contributed by atoms with van der Waals surface area (Å²) in [5.74, 6) is 0. The van der Waals surface area contributed by atoms with Crippen molar-refractivity contribution in [2.75, 3.05) is 20.2 Å². The number of aromatic nitrogens is 3. The van der Waals surface area contributed by atoms with Crippen molar-refractivity contribution in [3.05, 3.63) is 27.1 Å². The van der Waals surface area contributed by atoms with Crippen molar-refractivity contribution in [3.63, 3.8) is 0 Å². The molecule has 0 amide bonds. The fourth-order valence-electron chi connectivity index (χ4n) is 2.00. The smallest absolute Gasteiger partial charge is 0.275 e. The van der Waals surface area contributed by atoms with E-state index in [1.54, 1.807) is 0 Å². The first-order chi connectivity index (χ1) is 9.60. The predicted molar refractivity (Wildman–Crippen MR) is 79.1 cm³/mol. The lowest BCUT2D eigenvalue weighted by Gasteiger charge is -2.13. The highest BCUT2D eigenvalue weighted by atomic mass is 32.1. The van der Waals surface area contributed by atoms with Gasteiger partial charge in [0.15, 0.2) is 0 Å². The van der Waals surface area contributed by atoms with Gasteiger partial charge >= 0.3 is 0 Å². The minimum Gasteiger partial charge on any atom is -0.396 e. The zero-order valence-electron chi connectivity index (χ0n) is 11.9. The Morgan fingerprint density at radius 3 is 2.95 bits per heavy atom. The molecule has 2 aromatic rings. The van der Waals surface area contributed by atoms with Crippen LogP contribution in [0.4, 0.5) is 0 Å². The van der Waals surface area contributed by atoms with Gasteiger partial charge in [-0.05, 0) is 39.8 Å². The largest absolute Gasteiger partial charge is 0.396 e. The van der Waals surface area contributed by atoms with E-state index in [2.05, 4.69) is 15.0 Å². The molecule has 0 spiro atoms. The molecule has 0 saturated carbocycles. The molecule has 0 fully saturated rings. The molecule has 0 aliphatic carbocycles. The van der Waals surface area contributed by atoms with Crippen LogP contribution in [0, 0.1) is 6.92 Å². The number of aliphatic hydroxyl groups is 1. The van der Waals surface area contributed by atoms with Gasteiger partial charge in [0, 0.05) is 18.4 Å². The molecule has 0 bridgehead atoms. The molecule has 0 aliphatic heterocycles. The maximum Gasteiger partial charge on any atom is 0.275 e. The first-order valence-corrected chi connectivity index (χ1v) is 7.57. The van der Waals surface area contributed by atoms with Gasteiger partial charge < -0.3 is 5.11 Å². The van der Waals surface area contributed by atoms with Gasteiger partial charge in [-0.3, -0.25) is 9.69 Å². The van der Waals surface area contributed by atoms with E-state index in [0.29, 0.717) is 11.5 Å². The Balaban J connectivity index is 1.99. The summed E-state index contributed by atoms with van der Waals surface area (Å²) in [6.07, 6.45) is 2.94. The van der Waals surface area contributed by atoms with Crippen LogP contribution in [0.25, 0.3) is 4.96 Å². The van der Waals surface area contributed by atoms with Crippen LogP contribution in [0.2, 0.25) is 0 Å². The molecule has 0 saturated heterocycles. The van der Waals surface area contributed by atoms with Gasteiger partial charge in [-0.25, -0.2) is 4.98 Å². The normalized spacial score (nSPS) is 11.6. The third-order valence-electron chi connectivity index (χ3n) is 3.02. The number of hydrogen-bond donors (Lipinski definition) is 1. The van der Waals surface area contributed by atoms with Crippen LogP contribution in [-0.2, 0) is 6.54 Å². The molecule has 6 nitrogen and oxygen atoms in total. The van der Waals surface area contributed by atoms with E-state index in [1.165, 1.54) is 21.9 Å². The number of hydrogen-bond acceptors (Lipinski definition) is 6. The number of fused-ring (bicyclic) bond motifs is 1. The zero-order chi connectivity index (χ0) is 14.5. The SMILES string of the molecule is Cc1cc(=O)n2nc(CN(C)CCCCCO)sc2n1. The van der Waals surface area contributed by atoms with E-state index in [4.69, 9.17) is 5.11 Å². The van der Waals surface area contributed by atoms with Crippen LogP contribution >= 0.6 is 11.3 Å². The molecule has 0 aliphatic rings. The van der Waals surface area contributed by atoms with Crippen LogP contribution in [0.5, 0.6) is 0 Å². The van der Waals surface area contributed by atoms with Crippen LogP contribution in [0.1, 0.15) is 30.0 Å². The fraction of sp³-hybridized carbons (Fsp3) is 0.615. The average molecular weight is 296 g/mol. The maximum absolute atomic E-state index is 11.8. The fourth-order valence-corrected chi connectivity index (χ4v) is 3.03. The second-order valence-electron chi connectivity index (χ2n) is 4.95. The van der Waals surface area contributed by atoms with Crippen molar-refractivity contribution < 1.29 is 5.11 Å². The van der Waals surface area contributed by atoms with E-state index in [1.807, 2.05) is 14.0 Å². The van der Waals surface area contributed by atoms with Crippen molar-refractivity contribution in [1.82, 2.24) is 19.5 Å². The van der Waals surface area contributed by atoms with Crippen LogP contribution < -0.4 is 5.56 Å². The summed E-state index contributed by atoms with van der Waals surface area (Å²) >= 11 is 1.46. The van der Waals surface area contributed by atoms with Crippen molar-refractivity contribution in [2.24, 2.45) is 0 Å². The number of aliphatic hydroxyl groups excluding tert-OH is 1. The predicted octanol–water partition coefficient (Wildman–Crippen LogP) is 1.05. The van der Waals surface area contributed by atoms with Gasteiger partial charge in [0.1, 0.15) is 5.01 Å². The second-order valence-corrected chi connectivity index (χ2v) is 5.99. The van der Waals surface area contributed by atoms with Gasteiger partial charge in [-0.1, -0.05) is 11.3 Å². The summed E-state index contributed by atoms with van der Waals surface area (Å²) in [7, 11) is 2.03. The quantitative estimate of drug-likeness (QED) is 0.773. The summed E-state index contributed by atoms with van der Waals surface area (Å²) in [4.78, 5) is 18.9. The van der Waals surface area contributed by atoms with Crippen molar-refractivity contribution in [2.45, 2.75) is 32.7 Å². The van der Waals surface area contributed by atoms with E-state index in [9.17, 15) is 4.79 Å². The van der Waals surface area contributed by atoms with Gasteiger partial charge in [0.05, 0.1) is 6.54 Å². The molecule has 0 atom stereocenters. The van der Waals surface area contributed by atoms with Gasteiger partial charge in [0.25, 0.3) is 5.56 Å². The third kappa shape index (κ3) is 3.84. The highest BCUT2D eigenvalue weighted by Gasteiger charge is 2.09. The van der Waals surface area contributed by atoms with E-state index >= 15 is 0 Å². The molecule has 2 aromatic heterocycles. The van der Waals surface area contributed by atoms with E-state index in [-0.39, 0.29) is 12.2 Å². The molecule has 0 radical (unpaired) electrons. The third-order valence-corrected chi connectivity index (χ3v) is 3.91. The molecule has 2 heterocycles. The summed E-state index contributed by atoms with van der Waals surface area (Å²) < 4.78 is 1.37. The summed E-state index contributed by atoms with van der Waals surface area (Å²) in [5.41, 5.74) is 0.600. The lowest BCUT2D eigenvalue weighted by molar-refractivity contribution is 0.271. The van der Waals surface area contributed by atoms with Crippen molar-refractivity contribution in [3.8, 4) is 0 Å². The molecular formula is C13H20N4O2S. The molecule has 1 N–H and O–H groups in total. The van der Waals surface area contributed by atoms with Crippen LogP contribution in [0.15, 0.2) is 10.9 Å². The van der Waals surface area contributed by atoms with Crippen LogP contribution in [0.3, 0.4) is 0 Å². The number of nitrogens with zero attached hydrogens (tertiary/aromatic N) is 4. The summed E-state index contributed by atoms with van der Waals surface area (Å²) in [5, 5.41) is 13.9. The Bertz CT molecular complexity index is 622. The first kappa shape index (κ1) is 15.1. The van der Waals surface area contributed by atoms with Crippen molar-refractivity contribution in [1.29, 1.82) is 0 Å². The standard InChI is InChI=1S/C13H20N4O2S/c1-10-8-12(19)17-13(14-10)20-11(15-17)9-16(2)6-4-3-5-7-18/h8,18H,3-7,9H2,1-2H3. The summed E-state index contributed by atoms with van der Waals surface area (Å²) in [6.45, 7) is 3.74. The Kier molecular flexibility index (Phi) is 5.22. The van der Waals surface area contributed by atoms with E-state index in [0.717, 1.165) is 36.5 Å². The maximum atomic E-state index is 11.8. The minimum atomic E-state index is -0.124. The van der Waals surface area contributed by atoms with Gasteiger partial charge in [-0.15, -0.1) is 0 Å². The molecule has 110 valence electrons. The lowest BCUT2D eigenvalue weighted by Crippen LogP contribution is -2.20. The number of rotatable bonds is 7. The Morgan fingerprint density at radius 2 is 2.20 bits per heavy atom. The number of aryl methyl sites for hydroxylation is 1. The molecule has 2 rings (SSSR count). The highest BCUT2D eigenvalue weighted by Crippen LogP contribution is 2.13. The molecular weight excluding hydrogens is 276 g/mol. The second kappa shape index (κ2) is 6.92. The average Bonchev–Trinajstić information content (AvgIpc) is 2.77. The Hall–Kier alpha value is -1.31. The molecule has 20 heavy (non-hydrogen) atoms. The first-order valence-electron chi connectivity index (χ1n) is 6.76. The number of unbranched alkanes of at least 4 members (excludes halogenated alkanes) is 2. The zero-order valence-corrected chi connectivity index (χ0v) is 12.7. The van der Waals surface area contributed by atoms with Gasteiger partial charge in [0.2, 0.25) is 4.96 Å². The van der Waals surface area contributed by atoms with E-state index < -0.39 is 0 Å². The molecule has 0 unspecified atom stereocenters. The monoisotopic (exact) mass is 296 g/mol. The summed E-state index contributed by atoms with van der Waals surface area (Å²) in [6, 6.07) is 1.50. The molecule has 0 aromatic carbocycles. The molecule has 7 heteroatoms. The van der Waals surface area contributed by atoms with Gasteiger partial charge in [-0.2, -0.15) is 9.61 Å².